The Kier molecular flexibility index (Phi) is 7.52. The summed E-state index contributed by atoms with van der Waals surface area (Å²) in [4.78, 5) is 18.9. The molecule has 2 aromatic carbocycles. The number of rotatable bonds is 8. The number of para-hydroxylation sites is 1. The first-order valence-corrected chi connectivity index (χ1v) is 10.7. The van der Waals surface area contributed by atoms with Crippen molar-refractivity contribution in [2.24, 2.45) is 0 Å². The van der Waals surface area contributed by atoms with Crippen LogP contribution in [0.4, 0.5) is 13.2 Å². The molecular formula is C23H24F3N3O2S. The highest BCUT2D eigenvalue weighted by atomic mass is 32.1. The van der Waals surface area contributed by atoms with E-state index in [1.807, 2.05) is 43.3 Å². The molecule has 0 saturated heterocycles. The molecule has 1 aromatic heterocycles. The fourth-order valence-corrected chi connectivity index (χ4v) is 4.10. The first kappa shape index (κ1) is 23.7. The van der Waals surface area contributed by atoms with E-state index in [1.54, 1.807) is 12.5 Å². The summed E-state index contributed by atoms with van der Waals surface area (Å²) in [7, 11) is 5.47. The van der Waals surface area contributed by atoms with Crippen LogP contribution in [0.5, 0.6) is 5.75 Å². The van der Waals surface area contributed by atoms with Crippen molar-refractivity contribution in [3.05, 3.63) is 70.7 Å². The highest BCUT2D eigenvalue weighted by Gasteiger charge is 2.30. The topological polar surface area (TPSA) is 54.5 Å². The van der Waals surface area contributed by atoms with Gasteiger partial charge in [0.25, 0.3) is 0 Å². The molecule has 5 nitrogen and oxygen atoms in total. The number of carbonyl (C=O) groups excluding carboxylic acids is 1. The predicted molar refractivity (Wildman–Crippen MR) is 119 cm³/mol. The quantitative estimate of drug-likeness (QED) is 0.522. The standard InChI is InChI=1S/C23H24F3N3O2S/c1-29(2)19(18-6-4-5-7-20(18)31-3)13-27-21(30)12-17-14-32-22(28-17)15-8-10-16(11-9-15)23(24,25)26/h4-11,14,19H,12-13H2,1-3H3,(H,27,30). The average Bonchev–Trinajstić information content (AvgIpc) is 3.22. The average molecular weight is 464 g/mol. The minimum absolute atomic E-state index is 0.0757. The molecule has 3 rings (SSSR count). The van der Waals surface area contributed by atoms with Gasteiger partial charge in [-0.05, 0) is 32.3 Å². The van der Waals surface area contributed by atoms with E-state index in [0.717, 1.165) is 23.4 Å². The number of benzene rings is 2. The molecule has 0 fully saturated rings. The molecule has 0 saturated carbocycles. The third-order valence-corrected chi connectivity index (χ3v) is 5.91. The fraction of sp³-hybridized carbons (Fsp3) is 0.304. The largest absolute Gasteiger partial charge is 0.496 e. The van der Waals surface area contributed by atoms with Gasteiger partial charge in [0.05, 0.1) is 30.8 Å². The first-order valence-electron chi connectivity index (χ1n) is 9.87. The lowest BCUT2D eigenvalue weighted by atomic mass is 10.0. The van der Waals surface area contributed by atoms with Gasteiger partial charge < -0.3 is 15.0 Å². The second-order valence-corrected chi connectivity index (χ2v) is 8.28. The Morgan fingerprint density at radius 3 is 2.47 bits per heavy atom. The zero-order chi connectivity index (χ0) is 23.3. The Hall–Kier alpha value is -2.91. The lowest BCUT2D eigenvalue weighted by Gasteiger charge is -2.26. The third kappa shape index (κ3) is 5.86. The van der Waals surface area contributed by atoms with Crippen molar-refractivity contribution in [3.63, 3.8) is 0 Å². The van der Waals surface area contributed by atoms with Crippen molar-refractivity contribution in [1.82, 2.24) is 15.2 Å². The van der Waals surface area contributed by atoms with Gasteiger partial charge in [-0.1, -0.05) is 30.3 Å². The summed E-state index contributed by atoms with van der Waals surface area (Å²) >= 11 is 1.29. The number of hydrogen-bond donors (Lipinski definition) is 1. The van der Waals surface area contributed by atoms with Crippen molar-refractivity contribution < 1.29 is 22.7 Å². The van der Waals surface area contributed by atoms with Crippen molar-refractivity contribution in [2.45, 2.75) is 18.6 Å². The second-order valence-electron chi connectivity index (χ2n) is 7.42. The number of alkyl halides is 3. The molecule has 0 bridgehead atoms. The van der Waals surface area contributed by atoms with Crippen LogP contribution in [0.3, 0.4) is 0 Å². The van der Waals surface area contributed by atoms with Gasteiger partial charge in [0.15, 0.2) is 0 Å². The second kappa shape index (κ2) is 10.1. The molecule has 1 atom stereocenters. The van der Waals surface area contributed by atoms with Crippen LogP contribution in [0.1, 0.15) is 22.9 Å². The van der Waals surface area contributed by atoms with Gasteiger partial charge in [0, 0.05) is 23.1 Å². The molecule has 1 N–H and O–H groups in total. The number of thiazole rings is 1. The van der Waals surface area contributed by atoms with Crippen LogP contribution in [0, 0.1) is 0 Å². The summed E-state index contributed by atoms with van der Waals surface area (Å²) in [5, 5.41) is 5.26. The molecule has 32 heavy (non-hydrogen) atoms. The van der Waals surface area contributed by atoms with Crippen LogP contribution in [-0.4, -0.2) is 43.5 Å². The Morgan fingerprint density at radius 1 is 1.16 bits per heavy atom. The summed E-state index contributed by atoms with van der Waals surface area (Å²) < 4.78 is 43.6. The van der Waals surface area contributed by atoms with E-state index in [9.17, 15) is 18.0 Å². The van der Waals surface area contributed by atoms with Crippen molar-refractivity contribution in [2.75, 3.05) is 27.7 Å². The van der Waals surface area contributed by atoms with E-state index in [0.29, 0.717) is 22.8 Å². The summed E-state index contributed by atoms with van der Waals surface area (Å²) in [5.41, 5.74) is 1.42. The van der Waals surface area contributed by atoms with Crippen LogP contribution in [0.15, 0.2) is 53.9 Å². The molecule has 170 valence electrons. The number of methoxy groups -OCH3 is 1. The number of nitrogens with one attached hydrogen (secondary N) is 1. The third-order valence-electron chi connectivity index (χ3n) is 4.97. The highest BCUT2D eigenvalue weighted by molar-refractivity contribution is 7.13. The lowest BCUT2D eigenvalue weighted by Crippen LogP contribution is -2.35. The van der Waals surface area contributed by atoms with E-state index < -0.39 is 11.7 Å². The first-order chi connectivity index (χ1) is 15.2. The van der Waals surface area contributed by atoms with Crippen LogP contribution < -0.4 is 10.1 Å². The molecule has 1 heterocycles. The minimum Gasteiger partial charge on any atom is -0.496 e. The summed E-state index contributed by atoms with van der Waals surface area (Å²) in [5.74, 6) is 0.567. The normalized spacial score (nSPS) is 12.6. The molecule has 9 heteroatoms. The number of aromatic nitrogens is 1. The van der Waals surface area contributed by atoms with E-state index in [-0.39, 0.29) is 18.4 Å². The fourth-order valence-electron chi connectivity index (χ4n) is 3.27. The van der Waals surface area contributed by atoms with Gasteiger partial charge in [-0.3, -0.25) is 4.79 Å². The molecule has 0 aliphatic heterocycles. The number of nitrogens with zero attached hydrogens (tertiary/aromatic N) is 2. The van der Waals surface area contributed by atoms with Gasteiger partial charge in [-0.2, -0.15) is 13.2 Å². The number of halogens is 3. The van der Waals surface area contributed by atoms with Crippen molar-refractivity contribution in [3.8, 4) is 16.3 Å². The van der Waals surface area contributed by atoms with Gasteiger partial charge >= 0.3 is 6.18 Å². The SMILES string of the molecule is COc1ccccc1C(CNC(=O)Cc1csc(-c2ccc(C(F)(F)F)cc2)n1)N(C)C. The number of likely N-dealkylation sites (N-methyl/N-ethyl adjacent to an activating group) is 1. The zero-order valence-electron chi connectivity index (χ0n) is 17.9. The molecule has 0 aliphatic carbocycles. The molecular weight excluding hydrogens is 439 g/mol. The minimum atomic E-state index is -4.38. The van der Waals surface area contributed by atoms with Crippen LogP contribution in [-0.2, 0) is 17.4 Å². The maximum atomic E-state index is 12.7. The Labute approximate surface area is 188 Å². The monoisotopic (exact) mass is 463 g/mol. The molecule has 0 spiro atoms. The Balaban J connectivity index is 1.62. The van der Waals surface area contributed by atoms with Gasteiger partial charge in [0.1, 0.15) is 10.8 Å². The summed E-state index contributed by atoms with van der Waals surface area (Å²) in [6.07, 6.45) is -4.29. The van der Waals surface area contributed by atoms with Gasteiger partial charge in [-0.15, -0.1) is 11.3 Å². The maximum absolute atomic E-state index is 12.7. The molecule has 0 aliphatic rings. The van der Waals surface area contributed by atoms with Crippen LogP contribution in [0.25, 0.3) is 10.6 Å². The maximum Gasteiger partial charge on any atom is 0.416 e. The zero-order valence-corrected chi connectivity index (χ0v) is 18.8. The Morgan fingerprint density at radius 2 is 1.84 bits per heavy atom. The summed E-state index contributed by atoms with van der Waals surface area (Å²) in [6, 6.07) is 12.4. The number of ether oxygens (including phenoxy) is 1. The highest BCUT2D eigenvalue weighted by Crippen LogP contribution is 2.32. The molecule has 0 radical (unpaired) electrons. The molecule has 1 unspecified atom stereocenters. The predicted octanol–water partition coefficient (Wildman–Crippen LogP) is 4.80. The van der Waals surface area contributed by atoms with Gasteiger partial charge in [0.2, 0.25) is 5.91 Å². The van der Waals surface area contributed by atoms with Crippen molar-refractivity contribution in [1.29, 1.82) is 0 Å². The van der Waals surface area contributed by atoms with Crippen LogP contribution >= 0.6 is 11.3 Å². The number of hydrogen-bond acceptors (Lipinski definition) is 5. The van der Waals surface area contributed by atoms with E-state index in [2.05, 4.69) is 10.3 Å². The van der Waals surface area contributed by atoms with Crippen molar-refractivity contribution >= 4 is 17.2 Å². The molecule has 3 aromatic rings. The van der Waals surface area contributed by atoms with E-state index >= 15 is 0 Å². The lowest BCUT2D eigenvalue weighted by molar-refractivity contribution is -0.137. The number of carbonyl (C=O) groups is 1. The van der Waals surface area contributed by atoms with Gasteiger partial charge in [-0.25, -0.2) is 4.98 Å². The Bertz CT molecular complexity index is 1050. The smallest absolute Gasteiger partial charge is 0.416 e. The van der Waals surface area contributed by atoms with E-state index in [4.69, 9.17) is 4.74 Å². The number of amides is 1. The van der Waals surface area contributed by atoms with Crippen LogP contribution in [0.2, 0.25) is 0 Å². The summed E-state index contributed by atoms with van der Waals surface area (Å²) in [6.45, 7) is 0.391. The molecule has 1 amide bonds. The van der Waals surface area contributed by atoms with E-state index in [1.165, 1.54) is 23.5 Å².